The molecule has 4 rings (SSSR count). The second kappa shape index (κ2) is 13.2. The fourth-order valence-electron chi connectivity index (χ4n) is 5.74. The summed E-state index contributed by atoms with van der Waals surface area (Å²) in [5.41, 5.74) is -4.92. The van der Waals surface area contributed by atoms with Crippen molar-refractivity contribution in [2.45, 2.75) is 70.0 Å². The van der Waals surface area contributed by atoms with E-state index in [1.54, 1.807) is 11.8 Å². The fraction of sp³-hybridized carbons (Fsp3) is 0.552. The van der Waals surface area contributed by atoms with Gasteiger partial charge in [0.25, 0.3) is 0 Å². The first-order valence-corrected chi connectivity index (χ1v) is 14.2. The summed E-state index contributed by atoms with van der Waals surface area (Å²) in [6.45, 7) is 3.91. The maximum Gasteiger partial charge on any atom is 0.417 e. The van der Waals surface area contributed by atoms with Crippen molar-refractivity contribution in [2.24, 2.45) is 0 Å². The molecule has 0 spiro atoms. The number of hydrogen-bond donors (Lipinski definition) is 0. The van der Waals surface area contributed by atoms with Gasteiger partial charge in [0.2, 0.25) is 0 Å². The number of hydrogen-bond acceptors (Lipinski definition) is 7. The molecule has 2 aliphatic heterocycles. The molecule has 2 atom stereocenters. The van der Waals surface area contributed by atoms with Gasteiger partial charge in [-0.3, -0.25) is 14.6 Å². The minimum Gasteiger partial charge on any atom is -0.468 e. The molecule has 17 heteroatoms. The Kier molecular flexibility index (Phi) is 10.0. The van der Waals surface area contributed by atoms with E-state index in [-0.39, 0.29) is 30.0 Å². The second-order valence-electron chi connectivity index (χ2n) is 11.1. The smallest absolute Gasteiger partial charge is 0.417 e. The molecule has 1 aromatic heterocycles. The van der Waals surface area contributed by atoms with Crippen molar-refractivity contribution in [1.82, 2.24) is 14.8 Å². The molecule has 254 valence electrons. The molecule has 0 radical (unpaired) electrons. The minimum absolute atomic E-state index is 0.0434. The SMILES string of the molecule is CCN(c1ncc(C(F)(F)F)cc1CN1C(=O)O[C@H](c2cc(C(F)(F)F)cc(C(F)(F)F)c2)[C@@H]1C)C1CCN(CC(=O)OC)CC1. The number of aromatic nitrogens is 1. The molecule has 0 unspecified atom stereocenters. The van der Waals surface area contributed by atoms with Crippen LogP contribution in [0.4, 0.5) is 50.1 Å². The van der Waals surface area contributed by atoms with Gasteiger partial charge in [0.15, 0.2) is 0 Å². The fourth-order valence-corrected chi connectivity index (χ4v) is 5.74. The van der Waals surface area contributed by atoms with Crippen molar-refractivity contribution >= 4 is 17.9 Å². The highest BCUT2D eigenvalue weighted by molar-refractivity contribution is 5.72. The number of carbonyl (C=O) groups excluding carboxylic acids is 2. The number of methoxy groups -OCH3 is 1. The van der Waals surface area contributed by atoms with Crippen LogP contribution in [0.3, 0.4) is 0 Å². The summed E-state index contributed by atoms with van der Waals surface area (Å²) in [6, 6.07) is 0.296. The van der Waals surface area contributed by atoms with Crippen molar-refractivity contribution in [3.63, 3.8) is 0 Å². The van der Waals surface area contributed by atoms with Crippen molar-refractivity contribution < 1.29 is 58.6 Å². The predicted octanol–water partition coefficient (Wildman–Crippen LogP) is 6.68. The van der Waals surface area contributed by atoms with Crippen LogP contribution >= 0.6 is 0 Å². The van der Waals surface area contributed by atoms with E-state index >= 15 is 0 Å². The lowest BCUT2D eigenvalue weighted by atomic mass is 9.97. The molecule has 0 aliphatic carbocycles. The van der Waals surface area contributed by atoms with E-state index in [4.69, 9.17) is 9.47 Å². The van der Waals surface area contributed by atoms with Gasteiger partial charge in [-0.1, -0.05) is 0 Å². The summed E-state index contributed by atoms with van der Waals surface area (Å²) < 4.78 is 132. The number of piperidine rings is 1. The third-order valence-electron chi connectivity index (χ3n) is 8.13. The molecule has 0 N–H and O–H groups in total. The van der Waals surface area contributed by atoms with Crippen LogP contribution in [0.1, 0.15) is 60.6 Å². The normalized spacial score (nSPS) is 20.2. The summed E-state index contributed by atoms with van der Waals surface area (Å²) in [5, 5.41) is 0. The molecule has 1 aromatic carbocycles. The van der Waals surface area contributed by atoms with Crippen LogP contribution in [0.2, 0.25) is 0 Å². The average molecular weight is 671 g/mol. The van der Waals surface area contributed by atoms with Crippen molar-refractivity contribution in [3.05, 3.63) is 58.3 Å². The zero-order chi connectivity index (χ0) is 34.2. The van der Waals surface area contributed by atoms with Crippen LogP contribution in [0.15, 0.2) is 30.5 Å². The van der Waals surface area contributed by atoms with Gasteiger partial charge < -0.3 is 14.4 Å². The Morgan fingerprint density at radius 2 is 1.52 bits per heavy atom. The van der Waals surface area contributed by atoms with E-state index in [2.05, 4.69) is 4.98 Å². The first kappa shape index (κ1) is 35.1. The highest BCUT2D eigenvalue weighted by Crippen LogP contribution is 2.42. The van der Waals surface area contributed by atoms with Crippen LogP contribution < -0.4 is 4.90 Å². The Labute approximate surface area is 258 Å². The van der Waals surface area contributed by atoms with Crippen LogP contribution in [-0.2, 0) is 39.3 Å². The first-order chi connectivity index (χ1) is 21.3. The largest absolute Gasteiger partial charge is 0.468 e. The average Bonchev–Trinajstić information content (AvgIpc) is 3.25. The van der Waals surface area contributed by atoms with Crippen LogP contribution in [-0.4, -0.2) is 72.2 Å². The highest BCUT2D eigenvalue weighted by Gasteiger charge is 2.44. The van der Waals surface area contributed by atoms with Gasteiger partial charge in [-0.2, -0.15) is 39.5 Å². The number of pyridine rings is 1. The third-order valence-corrected chi connectivity index (χ3v) is 8.13. The van der Waals surface area contributed by atoms with E-state index in [1.165, 1.54) is 14.0 Å². The lowest BCUT2D eigenvalue weighted by molar-refractivity contribution is -0.144. The third kappa shape index (κ3) is 7.78. The van der Waals surface area contributed by atoms with Gasteiger partial charge >= 0.3 is 30.6 Å². The summed E-state index contributed by atoms with van der Waals surface area (Å²) in [5.74, 6) is -0.286. The molecule has 2 aromatic rings. The predicted molar refractivity (Wildman–Crippen MR) is 144 cm³/mol. The molecule has 2 saturated heterocycles. The van der Waals surface area contributed by atoms with Crippen molar-refractivity contribution in [2.75, 3.05) is 38.2 Å². The summed E-state index contributed by atoms with van der Waals surface area (Å²) in [6.07, 6.45) is -16.1. The van der Waals surface area contributed by atoms with Gasteiger partial charge in [0, 0.05) is 37.4 Å². The molecule has 8 nitrogen and oxygen atoms in total. The van der Waals surface area contributed by atoms with E-state index in [1.807, 2.05) is 4.90 Å². The number of likely N-dealkylation sites (tertiary alicyclic amines) is 1. The van der Waals surface area contributed by atoms with Crippen LogP contribution in [0.5, 0.6) is 0 Å². The number of anilines is 1. The Morgan fingerprint density at radius 1 is 0.957 bits per heavy atom. The number of halogens is 9. The maximum absolute atomic E-state index is 13.7. The Morgan fingerprint density at radius 3 is 2.02 bits per heavy atom. The number of alkyl halides is 9. The number of cyclic esters (lactones) is 1. The Balaban J connectivity index is 1.65. The topological polar surface area (TPSA) is 75.2 Å². The molecule has 0 saturated carbocycles. The molecule has 2 aliphatic rings. The van der Waals surface area contributed by atoms with E-state index in [0.717, 1.165) is 11.0 Å². The summed E-state index contributed by atoms with van der Waals surface area (Å²) in [4.78, 5) is 33.3. The zero-order valence-corrected chi connectivity index (χ0v) is 24.9. The van der Waals surface area contributed by atoms with E-state index in [0.29, 0.717) is 50.8 Å². The van der Waals surface area contributed by atoms with Crippen LogP contribution in [0, 0.1) is 0 Å². The molecule has 2 fully saturated rings. The zero-order valence-electron chi connectivity index (χ0n) is 24.9. The van der Waals surface area contributed by atoms with Gasteiger partial charge in [0.05, 0.1) is 42.9 Å². The number of amides is 1. The van der Waals surface area contributed by atoms with E-state index < -0.39 is 71.5 Å². The Hall–Kier alpha value is -3.76. The molecule has 46 heavy (non-hydrogen) atoms. The highest BCUT2D eigenvalue weighted by atomic mass is 19.4. The molecule has 0 bridgehead atoms. The van der Waals surface area contributed by atoms with Gasteiger partial charge in [-0.15, -0.1) is 0 Å². The monoisotopic (exact) mass is 670 g/mol. The summed E-state index contributed by atoms with van der Waals surface area (Å²) in [7, 11) is 1.27. The number of nitrogens with zero attached hydrogens (tertiary/aromatic N) is 4. The van der Waals surface area contributed by atoms with Gasteiger partial charge in [0.1, 0.15) is 11.9 Å². The van der Waals surface area contributed by atoms with Gasteiger partial charge in [-0.05, 0) is 56.5 Å². The minimum atomic E-state index is -5.14. The molecular formula is C29H31F9N4O4. The quantitative estimate of drug-likeness (QED) is 0.229. The standard InChI is InChI=1S/C29H31F9N4O4/c1-4-41(22-5-7-40(8-6-22)15-23(43)45-3)25-18(11-21(13-39-25)29(36,37)38)14-42-16(2)24(46-26(42)44)17-9-19(27(30,31)32)12-20(10-17)28(33,34)35/h9-13,16,22,24H,4-8,14-15H2,1-3H3/t16-,24-/m0/s1. The van der Waals surface area contributed by atoms with Gasteiger partial charge in [-0.25, -0.2) is 9.78 Å². The number of benzene rings is 1. The first-order valence-electron chi connectivity index (χ1n) is 14.2. The number of rotatable bonds is 8. The van der Waals surface area contributed by atoms with Crippen molar-refractivity contribution in [1.29, 1.82) is 0 Å². The van der Waals surface area contributed by atoms with Crippen molar-refractivity contribution in [3.8, 4) is 0 Å². The number of carbonyl (C=O) groups is 2. The maximum atomic E-state index is 13.7. The van der Waals surface area contributed by atoms with Crippen LogP contribution in [0.25, 0.3) is 0 Å². The number of ether oxygens (including phenoxy) is 2. The molecule has 1 amide bonds. The number of esters is 1. The molecule has 3 heterocycles. The lowest BCUT2D eigenvalue weighted by Crippen LogP contribution is -2.47. The summed E-state index contributed by atoms with van der Waals surface area (Å²) >= 11 is 0. The Bertz CT molecular complexity index is 1390. The molecular weight excluding hydrogens is 639 g/mol. The van der Waals surface area contributed by atoms with E-state index in [9.17, 15) is 49.1 Å². The second-order valence-corrected chi connectivity index (χ2v) is 11.1. The lowest BCUT2D eigenvalue weighted by Gasteiger charge is -2.39.